The quantitative estimate of drug-likeness (QED) is 0.112. The predicted molar refractivity (Wildman–Crippen MR) is 315 cm³/mol. The van der Waals surface area contributed by atoms with Crippen LogP contribution in [0.25, 0.3) is 94.7 Å². The van der Waals surface area contributed by atoms with Crippen molar-refractivity contribution < 1.29 is 28.9 Å². The second-order valence-corrected chi connectivity index (χ2v) is 28.1. The van der Waals surface area contributed by atoms with Crippen LogP contribution in [0, 0.1) is 17.9 Å². The van der Waals surface area contributed by atoms with E-state index in [0.717, 1.165) is 55.6 Å². The van der Waals surface area contributed by atoms with Gasteiger partial charge in [0.25, 0.3) is 0 Å². The van der Waals surface area contributed by atoms with E-state index >= 15 is 0 Å². The molecule has 4 nitrogen and oxygen atoms in total. The number of nitrogens with zero attached hydrogens (tertiary/aromatic N) is 3. The third kappa shape index (κ3) is 9.20. The minimum Gasteiger partial charge on any atom is -0.501 e. The Balaban J connectivity index is 0.000000311. The van der Waals surface area contributed by atoms with Crippen LogP contribution < -0.4 is 5.19 Å². The number of imidazole rings is 1. The van der Waals surface area contributed by atoms with E-state index in [1.807, 2.05) is 12.3 Å². The zero-order valence-corrected chi connectivity index (χ0v) is 48.8. The van der Waals surface area contributed by atoms with Crippen LogP contribution in [0.2, 0.25) is 19.6 Å². The average Bonchev–Trinajstić information content (AvgIpc) is 4.01. The number of fused-ring (bicyclic) bond motifs is 7. The molecule has 0 spiro atoms. The maximum Gasteiger partial charge on any atom is 0.121 e. The van der Waals surface area contributed by atoms with E-state index in [-0.39, 0.29) is 48.6 Å². The molecule has 0 saturated carbocycles. The zero-order valence-electron chi connectivity index (χ0n) is 45.4. The number of hydrogen-bond acceptors (Lipinski definition) is 3. The van der Waals surface area contributed by atoms with Gasteiger partial charge in [-0.05, 0) is 126 Å². The summed E-state index contributed by atoms with van der Waals surface area (Å²) in [5, 5.41) is 3.53. The first-order valence-electron chi connectivity index (χ1n) is 26.4. The van der Waals surface area contributed by atoms with Crippen molar-refractivity contribution in [2.45, 2.75) is 97.7 Å². The summed E-state index contributed by atoms with van der Waals surface area (Å²) in [4.78, 5) is 9.85. The normalized spacial score (nSPS) is 13.6. The molecular formula is C69H64FIrN3OSi-2. The van der Waals surface area contributed by atoms with Crippen LogP contribution in [0.4, 0.5) is 4.39 Å². The first-order valence-corrected chi connectivity index (χ1v) is 29.9. The topological polar surface area (TPSA) is 43.9 Å². The summed E-state index contributed by atoms with van der Waals surface area (Å²) in [5.41, 5.74) is 20.0. The van der Waals surface area contributed by atoms with Crippen molar-refractivity contribution in [3.63, 3.8) is 0 Å². The van der Waals surface area contributed by atoms with Gasteiger partial charge in [-0.15, -0.1) is 48.0 Å². The molecule has 11 aromatic rings. The molecule has 0 bridgehead atoms. The molecule has 1 radical (unpaired) electrons. The van der Waals surface area contributed by atoms with E-state index in [2.05, 4.69) is 242 Å². The van der Waals surface area contributed by atoms with Crippen LogP contribution in [0.1, 0.15) is 89.5 Å². The summed E-state index contributed by atoms with van der Waals surface area (Å²) >= 11 is 0. The minimum absolute atomic E-state index is 0. The number of para-hydroxylation sites is 2. The number of halogens is 1. The summed E-state index contributed by atoms with van der Waals surface area (Å²) in [7, 11) is -1.30. The van der Waals surface area contributed by atoms with E-state index in [4.69, 9.17) is 9.40 Å². The van der Waals surface area contributed by atoms with Gasteiger partial charge in [-0.3, -0.25) is 9.37 Å². The van der Waals surface area contributed by atoms with Crippen molar-refractivity contribution in [2.75, 3.05) is 0 Å². The Morgan fingerprint density at radius 3 is 1.88 bits per heavy atom. The van der Waals surface area contributed by atoms with Crippen LogP contribution >= 0.6 is 0 Å². The summed E-state index contributed by atoms with van der Waals surface area (Å²) in [6.45, 7) is 25.6. The molecule has 0 saturated heterocycles. The maximum atomic E-state index is 12.8. The Morgan fingerprint density at radius 2 is 1.24 bits per heavy atom. The van der Waals surface area contributed by atoms with Crippen molar-refractivity contribution in [1.82, 2.24) is 14.5 Å². The molecule has 0 N–H and O–H groups in total. The summed E-state index contributed by atoms with van der Waals surface area (Å²) in [6.07, 6.45) is 1.93. The van der Waals surface area contributed by atoms with Gasteiger partial charge in [0.05, 0.1) is 30.5 Å². The van der Waals surface area contributed by atoms with Crippen molar-refractivity contribution in [2.24, 2.45) is 0 Å². The van der Waals surface area contributed by atoms with Crippen LogP contribution in [-0.4, -0.2) is 22.6 Å². The molecule has 0 unspecified atom stereocenters. The SMILES string of the molecule is CC(C)c1cc(-c2ccc(-c3ccccc3)cc2)cc(C(C)C)c1-n1c(-c2[c-]ccc3c2oc2cc4c(cc23)C(C)(C)C(C)(C)c2ccccc2-4)nc2ccccc21.C[Si](C)(C)c1ccc(-c2[c-]cc(F)cc2)nc1.[Ir]. The van der Waals surface area contributed by atoms with Gasteiger partial charge in [0.2, 0.25) is 0 Å². The smallest absolute Gasteiger partial charge is 0.121 e. The Kier molecular flexibility index (Phi) is 13.9. The molecule has 76 heavy (non-hydrogen) atoms. The molecule has 383 valence electrons. The molecule has 0 amide bonds. The average molecular weight is 1190 g/mol. The Morgan fingerprint density at radius 1 is 0.605 bits per heavy atom. The molecular weight excluding hydrogens is 1130 g/mol. The number of benzene rings is 8. The third-order valence-electron chi connectivity index (χ3n) is 16.1. The van der Waals surface area contributed by atoms with Crippen molar-refractivity contribution in [3.8, 4) is 61.7 Å². The second-order valence-electron chi connectivity index (χ2n) is 23.0. The predicted octanol–water partition coefficient (Wildman–Crippen LogP) is 18.4. The molecule has 1 aliphatic carbocycles. The number of pyridine rings is 1. The summed E-state index contributed by atoms with van der Waals surface area (Å²) in [5.74, 6) is 1.06. The Bertz CT molecular complexity index is 3890. The Labute approximate surface area is 462 Å². The first kappa shape index (κ1) is 52.4. The molecule has 12 rings (SSSR count). The number of aromatic nitrogens is 3. The number of hydrogen-bond donors (Lipinski definition) is 0. The van der Waals surface area contributed by atoms with Crippen LogP contribution in [0.15, 0.2) is 180 Å². The van der Waals surface area contributed by atoms with Gasteiger partial charge in [0, 0.05) is 43.2 Å². The molecule has 3 heterocycles. The molecule has 7 heteroatoms. The Hall–Kier alpha value is -7.02. The van der Waals surface area contributed by atoms with E-state index in [1.165, 1.54) is 78.6 Å². The van der Waals surface area contributed by atoms with Gasteiger partial charge >= 0.3 is 0 Å². The van der Waals surface area contributed by atoms with Gasteiger partial charge in [-0.25, -0.2) is 0 Å². The monoisotopic (exact) mass is 1190 g/mol. The van der Waals surface area contributed by atoms with Crippen LogP contribution in [0.5, 0.6) is 0 Å². The summed E-state index contributed by atoms with van der Waals surface area (Å²) in [6, 6.07) is 65.8. The molecule has 3 aromatic heterocycles. The van der Waals surface area contributed by atoms with E-state index in [0.29, 0.717) is 0 Å². The molecule has 0 fully saturated rings. The van der Waals surface area contributed by atoms with Gasteiger partial charge < -0.3 is 14.0 Å². The number of rotatable bonds is 8. The fourth-order valence-electron chi connectivity index (χ4n) is 11.1. The third-order valence-corrected chi connectivity index (χ3v) is 18.2. The summed E-state index contributed by atoms with van der Waals surface area (Å²) < 4.78 is 22.2. The van der Waals surface area contributed by atoms with Crippen molar-refractivity contribution in [3.05, 3.63) is 216 Å². The fourth-order valence-corrected chi connectivity index (χ4v) is 12.1. The first-order chi connectivity index (χ1) is 35.9. The van der Waals surface area contributed by atoms with Crippen molar-refractivity contribution >= 4 is 46.2 Å². The second kappa shape index (κ2) is 20.2. The molecule has 1 aliphatic rings. The zero-order chi connectivity index (χ0) is 52.6. The molecule has 8 aromatic carbocycles. The van der Waals surface area contributed by atoms with Gasteiger partial charge in [0.1, 0.15) is 5.58 Å². The number of furan rings is 1. The minimum atomic E-state index is -1.30. The standard InChI is InChI=1S/C55H49N2O.C14H15FNSi.Ir/c1-33(2)42-29-38(37-27-25-36(26-28-37)35-17-10-9-11-18-35)30-43(34(3)4)51(42)57-49-24-15-14-23-48(49)56-53(57)41-21-16-20-40-45-31-47-44(32-50(45)58-52(40)41)39-19-12-13-22-46(39)54(5,6)55(47,7)8;1-17(2,3)13-8-9-14(16-10-13)11-4-6-12(15)7-5-11;/h9-20,22-34H,1-8H3;4,6-10H,1-3H3;/q2*-1;. The van der Waals surface area contributed by atoms with Gasteiger partial charge in [0.15, 0.2) is 0 Å². The van der Waals surface area contributed by atoms with Crippen LogP contribution in [-0.2, 0) is 30.9 Å². The van der Waals surface area contributed by atoms with Gasteiger partial charge in [-0.2, -0.15) is 0 Å². The van der Waals surface area contributed by atoms with E-state index < -0.39 is 8.07 Å². The van der Waals surface area contributed by atoms with E-state index in [9.17, 15) is 4.39 Å². The van der Waals surface area contributed by atoms with Crippen LogP contribution in [0.3, 0.4) is 0 Å². The van der Waals surface area contributed by atoms with Crippen molar-refractivity contribution in [1.29, 1.82) is 0 Å². The largest absolute Gasteiger partial charge is 0.501 e. The van der Waals surface area contributed by atoms with Gasteiger partial charge in [-0.1, -0.05) is 189 Å². The maximum absolute atomic E-state index is 12.8. The molecule has 0 aliphatic heterocycles. The molecule has 0 atom stereocenters. The fraction of sp³-hybridized carbons (Fsp3) is 0.217. The van der Waals surface area contributed by atoms with E-state index in [1.54, 1.807) is 6.07 Å².